The maximum atomic E-state index is 13.0. The predicted molar refractivity (Wildman–Crippen MR) is 131 cm³/mol. The van der Waals surface area contributed by atoms with Gasteiger partial charge in [-0.1, -0.05) is 0 Å². The van der Waals surface area contributed by atoms with Gasteiger partial charge in [0, 0.05) is 43.6 Å². The van der Waals surface area contributed by atoms with Crippen LogP contribution in [0.1, 0.15) is 48.5 Å². The third-order valence-corrected chi connectivity index (χ3v) is 7.47. The Morgan fingerprint density at radius 2 is 2.11 bits per heavy atom. The number of nitrogens with one attached hydrogen (secondary N) is 2. The summed E-state index contributed by atoms with van der Waals surface area (Å²) in [6.07, 6.45) is 9.74. The first-order chi connectivity index (χ1) is 17.1. The van der Waals surface area contributed by atoms with Crippen LogP contribution >= 0.6 is 0 Å². The predicted octanol–water partition coefficient (Wildman–Crippen LogP) is 2.78. The molecule has 35 heavy (non-hydrogen) atoms. The van der Waals surface area contributed by atoms with E-state index in [4.69, 9.17) is 14.7 Å². The number of ether oxygens (including phenoxy) is 1. The van der Waals surface area contributed by atoms with Gasteiger partial charge in [-0.05, 0) is 44.2 Å². The van der Waals surface area contributed by atoms with E-state index in [1.54, 1.807) is 11.6 Å². The third kappa shape index (κ3) is 3.55. The Labute approximate surface area is 202 Å². The number of rotatable bonds is 6. The average molecular weight is 476 g/mol. The molecule has 10 nitrogen and oxygen atoms in total. The number of carbonyl (C=O) groups excluding carboxylic acids is 1. The molecule has 6 rings (SSSR count). The molecule has 4 aromatic heterocycles. The maximum absolute atomic E-state index is 13.0. The van der Waals surface area contributed by atoms with Crippen LogP contribution in [0, 0.1) is 0 Å². The molecule has 0 aliphatic heterocycles. The Kier molecular flexibility index (Phi) is 5.42. The number of aliphatic hydroxyl groups is 1. The summed E-state index contributed by atoms with van der Waals surface area (Å²) in [5.74, 6) is 0.432. The zero-order valence-corrected chi connectivity index (χ0v) is 19.8. The molecule has 4 heterocycles. The van der Waals surface area contributed by atoms with Crippen LogP contribution in [-0.2, 0) is 4.74 Å². The van der Waals surface area contributed by atoms with Crippen molar-refractivity contribution in [2.24, 2.45) is 0 Å². The largest absolute Gasteiger partial charge is 0.391 e. The van der Waals surface area contributed by atoms with E-state index in [0.29, 0.717) is 23.4 Å². The first kappa shape index (κ1) is 22.0. The summed E-state index contributed by atoms with van der Waals surface area (Å²) in [4.78, 5) is 22.6. The molecule has 0 saturated heterocycles. The number of aliphatic hydroxyl groups excluding tert-OH is 1. The number of carbonyl (C=O) groups is 1. The monoisotopic (exact) mass is 475 g/mol. The van der Waals surface area contributed by atoms with Gasteiger partial charge in [-0.25, -0.2) is 9.97 Å². The average Bonchev–Trinajstić information content (AvgIpc) is 3.61. The van der Waals surface area contributed by atoms with Crippen LogP contribution < -0.4 is 10.6 Å². The van der Waals surface area contributed by atoms with Crippen molar-refractivity contribution in [3.63, 3.8) is 0 Å². The van der Waals surface area contributed by atoms with Crippen LogP contribution in [0.3, 0.4) is 0 Å². The topological polar surface area (TPSA) is 119 Å². The summed E-state index contributed by atoms with van der Waals surface area (Å²) >= 11 is 0. The second kappa shape index (κ2) is 8.62. The second-order valence-corrected chi connectivity index (χ2v) is 9.39. The molecule has 2 saturated carbocycles. The fraction of sp³-hybridized carbons (Fsp3) is 0.440. The number of amides is 1. The van der Waals surface area contributed by atoms with E-state index in [1.165, 1.54) is 6.20 Å². The number of aromatic nitrogens is 5. The minimum Gasteiger partial charge on any atom is -0.391 e. The molecule has 1 amide bonds. The van der Waals surface area contributed by atoms with Crippen LogP contribution in [0.15, 0.2) is 36.8 Å². The second-order valence-electron chi connectivity index (χ2n) is 9.39. The van der Waals surface area contributed by atoms with E-state index in [1.807, 2.05) is 25.4 Å². The third-order valence-electron chi connectivity index (χ3n) is 7.47. The number of nitrogens with zero attached hydrogens (tertiary/aromatic N) is 5. The normalized spacial score (nSPS) is 24.1. The van der Waals surface area contributed by atoms with Crippen LogP contribution in [0.25, 0.3) is 27.9 Å². The molecular weight excluding hydrogens is 446 g/mol. The standard InChI is InChI=1S/C25H29N7O3/c1-26-22-11-18(29-24-15(12-28-32(22)24)25(34)30-17-8-9-20(17)33)16-13-31(19-6-3-7-21(19)35-2)23-14(16)5-4-10-27-23/h4-5,10-13,17,19-21,26,33H,3,6-9H2,1-2H3,(H,30,34)/t17?,19-,20+,21-/m0/s1. The highest BCUT2D eigenvalue weighted by molar-refractivity contribution is 6.01. The summed E-state index contributed by atoms with van der Waals surface area (Å²) in [5, 5.41) is 21.4. The molecule has 4 aromatic rings. The number of pyridine rings is 1. The van der Waals surface area contributed by atoms with Gasteiger partial charge < -0.3 is 25.0 Å². The Morgan fingerprint density at radius 1 is 1.23 bits per heavy atom. The van der Waals surface area contributed by atoms with E-state index < -0.39 is 6.10 Å². The quantitative estimate of drug-likeness (QED) is 0.392. The lowest BCUT2D eigenvalue weighted by molar-refractivity contribution is 0.0448. The highest BCUT2D eigenvalue weighted by Gasteiger charge is 2.32. The minimum atomic E-state index is -0.498. The van der Waals surface area contributed by atoms with Crippen LogP contribution in [0.4, 0.5) is 5.82 Å². The maximum Gasteiger partial charge on any atom is 0.257 e. The van der Waals surface area contributed by atoms with Gasteiger partial charge in [-0.15, -0.1) is 0 Å². The fourth-order valence-electron chi connectivity index (χ4n) is 5.38. The van der Waals surface area contributed by atoms with Crippen molar-refractivity contribution in [1.82, 2.24) is 29.5 Å². The van der Waals surface area contributed by atoms with Gasteiger partial charge in [0.15, 0.2) is 5.65 Å². The van der Waals surface area contributed by atoms with Gasteiger partial charge >= 0.3 is 0 Å². The van der Waals surface area contributed by atoms with Crippen molar-refractivity contribution < 1.29 is 14.6 Å². The van der Waals surface area contributed by atoms with Gasteiger partial charge in [0.1, 0.15) is 17.0 Å². The van der Waals surface area contributed by atoms with E-state index in [-0.39, 0.29) is 24.1 Å². The number of anilines is 1. The Bertz CT molecular complexity index is 1410. The highest BCUT2D eigenvalue weighted by atomic mass is 16.5. The van der Waals surface area contributed by atoms with Crippen LogP contribution in [0.2, 0.25) is 0 Å². The minimum absolute atomic E-state index is 0.149. The lowest BCUT2D eigenvalue weighted by atomic mass is 9.89. The van der Waals surface area contributed by atoms with Crippen molar-refractivity contribution in [3.05, 3.63) is 42.4 Å². The van der Waals surface area contributed by atoms with E-state index in [9.17, 15) is 9.90 Å². The smallest absolute Gasteiger partial charge is 0.257 e. The molecule has 2 aliphatic rings. The molecule has 0 radical (unpaired) electrons. The van der Waals surface area contributed by atoms with E-state index in [0.717, 1.165) is 48.0 Å². The number of hydrogen-bond acceptors (Lipinski definition) is 7. The molecule has 10 heteroatoms. The van der Waals surface area contributed by atoms with E-state index >= 15 is 0 Å². The van der Waals surface area contributed by atoms with Gasteiger partial charge in [0.25, 0.3) is 5.91 Å². The van der Waals surface area contributed by atoms with E-state index in [2.05, 4.69) is 32.6 Å². The van der Waals surface area contributed by atoms with Crippen molar-refractivity contribution in [3.8, 4) is 11.3 Å². The summed E-state index contributed by atoms with van der Waals surface area (Å²) in [6, 6.07) is 5.90. The van der Waals surface area contributed by atoms with Crippen molar-refractivity contribution in [2.45, 2.75) is 56.4 Å². The number of methoxy groups -OCH3 is 1. The zero-order chi connectivity index (χ0) is 24.1. The highest BCUT2D eigenvalue weighted by Crippen LogP contribution is 2.38. The number of fused-ring (bicyclic) bond motifs is 2. The van der Waals surface area contributed by atoms with Crippen molar-refractivity contribution in [2.75, 3.05) is 19.5 Å². The fourth-order valence-corrected chi connectivity index (χ4v) is 5.38. The summed E-state index contributed by atoms with van der Waals surface area (Å²) in [5.41, 5.74) is 3.40. The van der Waals surface area contributed by atoms with Crippen LogP contribution in [-0.4, -0.2) is 67.6 Å². The number of hydrogen-bond donors (Lipinski definition) is 3. The molecular formula is C25H29N7O3. The molecule has 4 atom stereocenters. The molecule has 182 valence electrons. The molecule has 0 spiro atoms. The van der Waals surface area contributed by atoms with Gasteiger partial charge in [0.2, 0.25) is 0 Å². The lowest BCUT2D eigenvalue weighted by Crippen LogP contribution is -2.50. The van der Waals surface area contributed by atoms with Gasteiger partial charge in [-0.3, -0.25) is 4.79 Å². The first-order valence-corrected chi connectivity index (χ1v) is 12.1. The first-order valence-electron chi connectivity index (χ1n) is 12.1. The van der Waals surface area contributed by atoms with Crippen molar-refractivity contribution >= 4 is 28.4 Å². The Hall–Kier alpha value is -3.50. The Morgan fingerprint density at radius 3 is 2.86 bits per heavy atom. The molecule has 3 N–H and O–H groups in total. The molecule has 0 aromatic carbocycles. The molecule has 2 fully saturated rings. The summed E-state index contributed by atoms with van der Waals surface area (Å²) in [7, 11) is 3.59. The summed E-state index contributed by atoms with van der Waals surface area (Å²) in [6.45, 7) is 0. The lowest BCUT2D eigenvalue weighted by Gasteiger charge is -2.32. The van der Waals surface area contributed by atoms with Crippen LogP contribution in [0.5, 0.6) is 0 Å². The Balaban J connectivity index is 1.47. The van der Waals surface area contributed by atoms with Gasteiger partial charge in [-0.2, -0.15) is 9.61 Å². The van der Waals surface area contributed by atoms with Crippen molar-refractivity contribution in [1.29, 1.82) is 0 Å². The molecule has 2 aliphatic carbocycles. The molecule has 0 bridgehead atoms. The summed E-state index contributed by atoms with van der Waals surface area (Å²) < 4.78 is 9.62. The zero-order valence-electron chi connectivity index (χ0n) is 19.8. The SMILES string of the molecule is CNc1cc(-c2cn([C@H]3CCC[C@@H]3OC)c3ncccc23)nc2c(C(=O)NC3CC[C@H]3O)cnn12. The van der Waals surface area contributed by atoms with Gasteiger partial charge in [0.05, 0.1) is 36.2 Å². The molecule has 1 unspecified atom stereocenters.